The summed E-state index contributed by atoms with van der Waals surface area (Å²) in [6.45, 7) is 12.3. The van der Waals surface area contributed by atoms with Crippen molar-refractivity contribution in [3.8, 4) is 0 Å². The Morgan fingerprint density at radius 3 is 1.79 bits per heavy atom. The van der Waals surface area contributed by atoms with Crippen LogP contribution in [0.4, 0.5) is 0 Å². The van der Waals surface area contributed by atoms with Gasteiger partial charge in [0.1, 0.15) is 5.69 Å². The van der Waals surface area contributed by atoms with Gasteiger partial charge in [-0.1, -0.05) is 41.5 Å². The van der Waals surface area contributed by atoms with Crippen molar-refractivity contribution in [3.05, 3.63) is 55.5 Å². The fourth-order valence-electron chi connectivity index (χ4n) is 5.06. The molecule has 6 nitrogen and oxygen atoms in total. The summed E-state index contributed by atoms with van der Waals surface area (Å²) in [6, 6.07) is 0. The van der Waals surface area contributed by atoms with Crippen LogP contribution in [-0.4, -0.2) is 32.7 Å². The van der Waals surface area contributed by atoms with Crippen molar-refractivity contribution in [2.24, 2.45) is 4.99 Å². The van der Waals surface area contributed by atoms with Crippen LogP contribution in [0.15, 0.2) is 16.1 Å². The highest BCUT2D eigenvalue weighted by molar-refractivity contribution is 6.31. The van der Waals surface area contributed by atoms with Crippen molar-refractivity contribution < 1.29 is 14.7 Å². The number of carboxylic acids is 1. The number of allylic oxidation sites excluding steroid dienone is 1. The topological polar surface area (TPSA) is 98.3 Å². The molecule has 1 aliphatic heterocycles. The van der Waals surface area contributed by atoms with Crippen LogP contribution in [0.2, 0.25) is 0 Å². The third kappa shape index (κ3) is 4.39. The Hall–Kier alpha value is -3.15. The molecule has 0 fully saturated rings. The van der Waals surface area contributed by atoms with Gasteiger partial charge in [-0.05, 0) is 78.5 Å². The van der Waals surface area contributed by atoms with Gasteiger partial charge in [0.2, 0.25) is 0 Å². The molecule has 0 radical (unpaired) electrons. The highest BCUT2D eigenvalue weighted by atomic mass is 16.4. The molecule has 1 aliphatic rings. The number of amides is 1. The smallest absolute Gasteiger partial charge is 0.352 e. The SMILES string of the molecule is CCC1=C(CC)C(/C=c2\[nH]/c(=C/c3[nH]c(C(=O)O)c(CC)c3CC)c(CC)c2CC)=NC1=O. The number of aromatic carboxylic acids is 1. The zero-order valence-corrected chi connectivity index (χ0v) is 20.6. The maximum atomic E-state index is 12.4. The van der Waals surface area contributed by atoms with E-state index in [9.17, 15) is 14.7 Å². The van der Waals surface area contributed by atoms with E-state index >= 15 is 0 Å². The molecule has 0 saturated heterocycles. The highest BCUT2D eigenvalue weighted by Crippen LogP contribution is 2.24. The van der Waals surface area contributed by atoms with E-state index in [1.165, 1.54) is 11.1 Å². The first-order valence-corrected chi connectivity index (χ1v) is 12.1. The van der Waals surface area contributed by atoms with E-state index in [0.29, 0.717) is 12.8 Å². The Morgan fingerprint density at radius 1 is 0.758 bits per heavy atom. The van der Waals surface area contributed by atoms with E-state index in [4.69, 9.17) is 0 Å². The van der Waals surface area contributed by atoms with E-state index in [1.807, 2.05) is 26.0 Å². The second kappa shape index (κ2) is 10.2. The van der Waals surface area contributed by atoms with Gasteiger partial charge in [-0.25, -0.2) is 9.79 Å². The first-order chi connectivity index (χ1) is 15.8. The summed E-state index contributed by atoms with van der Waals surface area (Å²) in [5, 5.41) is 11.6. The normalized spacial score (nSPS) is 15.2. The first-order valence-electron chi connectivity index (χ1n) is 12.1. The lowest BCUT2D eigenvalue weighted by Gasteiger charge is -2.02. The minimum absolute atomic E-state index is 0.125. The van der Waals surface area contributed by atoms with Gasteiger partial charge in [-0.3, -0.25) is 4.79 Å². The largest absolute Gasteiger partial charge is 0.477 e. The van der Waals surface area contributed by atoms with Crippen molar-refractivity contribution in [1.82, 2.24) is 9.97 Å². The Labute approximate surface area is 195 Å². The summed E-state index contributed by atoms with van der Waals surface area (Å²) in [5.41, 5.74) is 8.03. The highest BCUT2D eigenvalue weighted by Gasteiger charge is 2.23. The molecule has 33 heavy (non-hydrogen) atoms. The van der Waals surface area contributed by atoms with E-state index in [2.05, 4.69) is 42.7 Å². The van der Waals surface area contributed by atoms with E-state index in [0.717, 1.165) is 70.1 Å². The number of carbonyl (C=O) groups excluding carboxylic acids is 1. The molecule has 176 valence electrons. The standard InChI is InChI=1S/C27H35N3O3/c1-7-15-16(8-2)22(14-24-18(10-4)20(12-6)26(31)30-24)28-21(15)13-23-17(9-3)19(11-5)25(29-23)27(32)33/h13-14,28-29H,7-12H2,1-6H3,(H,32,33)/b21-13+,22-14-. The quantitative estimate of drug-likeness (QED) is 0.540. The Morgan fingerprint density at radius 2 is 1.30 bits per heavy atom. The number of H-pyrrole nitrogens is 2. The minimum Gasteiger partial charge on any atom is -0.477 e. The number of hydrogen-bond donors (Lipinski definition) is 3. The summed E-state index contributed by atoms with van der Waals surface area (Å²) >= 11 is 0. The maximum Gasteiger partial charge on any atom is 0.352 e. The van der Waals surface area contributed by atoms with Crippen LogP contribution in [-0.2, 0) is 30.5 Å². The number of aromatic nitrogens is 2. The number of carbonyl (C=O) groups is 2. The van der Waals surface area contributed by atoms with Gasteiger partial charge in [-0.15, -0.1) is 0 Å². The molecule has 1 amide bonds. The second-order valence-electron chi connectivity index (χ2n) is 8.25. The van der Waals surface area contributed by atoms with Crippen molar-refractivity contribution in [2.45, 2.75) is 80.1 Å². The number of aromatic amines is 2. The van der Waals surface area contributed by atoms with Crippen LogP contribution < -0.4 is 10.7 Å². The maximum absolute atomic E-state index is 12.4. The number of hydrogen-bond acceptors (Lipinski definition) is 2. The van der Waals surface area contributed by atoms with Crippen LogP contribution in [0.1, 0.15) is 92.8 Å². The summed E-state index contributed by atoms with van der Waals surface area (Å²) in [4.78, 5) is 35.2. The average Bonchev–Trinajstić information content (AvgIpc) is 3.43. The second-order valence-corrected chi connectivity index (χ2v) is 8.25. The summed E-state index contributed by atoms with van der Waals surface area (Å²) in [6.07, 6.45) is 8.61. The number of rotatable bonds is 9. The molecule has 0 spiro atoms. The number of aliphatic imine (C=N–C) groups is 1. The first kappa shape index (κ1) is 24.5. The molecule has 0 aromatic carbocycles. The molecular weight excluding hydrogens is 414 g/mol. The molecule has 0 aliphatic carbocycles. The Bertz CT molecular complexity index is 1270. The third-order valence-corrected chi connectivity index (χ3v) is 6.59. The van der Waals surface area contributed by atoms with Crippen LogP contribution in [0.3, 0.4) is 0 Å². The van der Waals surface area contributed by atoms with Gasteiger partial charge in [0, 0.05) is 22.0 Å². The summed E-state index contributed by atoms with van der Waals surface area (Å²) < 4.78 is 0. The van der Waals surface area contributed by atoms with Gasteiger partial charge in [0.15, 0.2) is 0 Å². The van der Waals surface area contributed by atoms with Gasteiger partial charge in [0.25, 0.3) is 5.91 Å². The van der Waals surface area contributed by atoms with E-state index in [-0.39, 0.29) is 11.6 Å². The van der Waals surface area contributed by atoms with Gasteiger partial charge in [-0.2, -0.15) is 0 Å². The molecule has 3 rings (SSSR count). The van der Waals surface area contributed by atoms with Crippen molar-refractivity contribution in [1.29, 1.82) is 0 Å². The Balaban J connectivity index is 2.26. The third-order valence-electron chi connectivity index (χ3n) is 6.59. The monoisotopic (exact) mass is 449 g/mol. The molecule has 0 bridgehead atoms. The minimum atomic E-state index is -0.929. The molecule has 0 saturated carbocycles. The predicted octanol–water partition coefficient (Wildman–Crippen LogP) is 4.00. The van der Waals surface area contributed by atoms with Gasteiger partial charge < -0.3 is 15.1 Å². The number of nitrogens with zero attached hydrogens (tertiary/aromatic N) is 1. The molecular formula is C27H35N3O3. The van der Waals surface area contributed by atoms with Crippen molar-refractivity contribution in [3.63, 3.8) is 0 Å². The molecule has 3 heterocycles. The molecule has 0 unspecified atom stereocenters. The molecule has 0 atom stereocenters. The lowest BCUT2D eigenvalue weighted by atomic mass is 10.00. The van der Waals surface area contributed by atoms with Crippen LogP contribution in [0, 0.1) is 0 Å². The molecule has 2 aromatic rings. The Kier molecular flexibility index (Phi) is 7.57. The lowest BCUT2D eigenvalue weighted by Crippen LogP contribution is -2.15. The predicted molar refractivity (Wildman–Crippen MR) is 133 cm³/mol. The van der Waals surface area contributed by atoms with E-state index < -0.39 is 5.97 Å². The lowest BCUT2D eigenvalue weighted by molar-refractivity contribution is -0.114. The van der Waals surface area contributed by atoms with Crippen LogP contribution in [0.5, 0.6) is 0 Å². The molecule has 2 aromatic heterocycles. The summed E-state index contributed by atoms with van der Waals surface area (Å²) in [5.74, 6) is -1.05. The summed E-state index contributed by atoms with van der Waals surface area (Å²) in [7, 11) is 0. The van der Waals surface area contributed by atoms with Gasteiger partial charge in [0.05, 0.1) is 5.71 Å². The molecule has 6 heteroatoms. The van der Waals surface area contributed by atoms with Crippen LogP contribution >= 0.6 is 0 Å². The fraction of sp³-hybridized carbons (Fsp3) is 0.444. The zero-order valence-electron chi connectivity index (χ0n) is 20.6. The fourth-order valence-corrected chi connectivity index (χ4v) is 5.06. The average molecular weight is 450 g/mol. The number of carboxylic acid groups (broad SMARTS) is 1. The van der Waals surface area contributed by atoms with Crippen LogP contribution in [0.25, 0.3) is 12.2 Å². The number of nitrogens with one attached hydrogen (secondary N) is 2. The molecule has 3 N–H and O–H groups in total. The van der Waals surface area contributed by atoms with Gasteiger partial charge >= 0.3 is 5.97 Å². The van der Waals surface area contributed by atoms with E-state index in [1.54, 1.807) is 0 Å². The van der Waals surface area contributed by atoms with Crippen molar-refractivity contribution >= 4 is 29.7 Å². The van der Waals surface area contributed by atoms with Crippen molar-refractivity contribution in [2.75, 3.05) is 0 Å². The zero-order chi connectivity index (χ0) is 24.3.